The predicted octanol–water partition coefficient (Wildman–Crippen LogP) is 1.61. The van der Waals surface area contributed by atoms with E-state index in [4.69, 9.17) is 9.47 Å². The molecule has 0 amide bonds. The van der Waals surface area contributed by atoms with Crippen molar-refractivity contribution in [2.75, 3.05) is 20.3 Å². The third kappa shape index (κ3) is 5.13. The third-order valence-corrected chi connectivity index (χ3v) is 1.34. The van der Waals surface area contributed by atoms with Crippen molar-refractivity contribution in [2.24, 2.45) is 5.41 Å². The first kappa shape index (κ1) is 11.4. The lowest BCUT2D eigenvalue weighted by Crippen LogP contribution is -2.23. The molecule has 12 heavy (non-hydrogen) atoms. The van der Waals surface area contributed by atoms with Crippen LogP contribution in [-0.4, -0.2) is 26.3 Å². The van der Waals surface area contributed by atoms with Crippen molar-refractivity contribution in [3.63, 3.8) is 0 Å². The fraction of sp³-hybridized carbons (Fsp3) is 0.889. The zero-order chi connectivity index (χ0) is 9.61. The third-order valence-electron chi connectivity index (χ3n) is 1.34. The Hall–Kier alpha value is -0.570. The number of carbonyl (C=O) groups is 1. The van der Waals surface area contributed by atoms with Crippen LogP contribution in [0, 0.1) is 5.41 Å². The van der Waals surface area contributed by atoms with Gasteiger partial charge in [0.2, 0.25) is 0 Å². The molecule has 0 aromatic heterocycles. The molecule has 0 saturated heterocycles. The quantitative estimate of drug-likeness (QED) is 0.480. The van der Waals surface area contributed by atoms with E-state index in [9.17, 15) is 4.79 Å². The molecule has 3 nitrogen and oxygen atoms in total. The summed E-state index contributed by atoms with van der Waals surface area (Å²) in [4.78, 5) is 11.2. The van der Waals surface area contributed by atoms with Gasteiger partial charge in [-0.1, -0.05) is 0 Å². The summed E-state index contributed by atoms with van der Waals surface area (Å²) in [6.07, 6.45) is 0.762. The van der Waals surface area contributed by atoms with Gasteiger partial charge in [-0.15, -0.1) is 0 Å². The van der Waals surface area contributed by atoms with Crippen LogP contribution in [0.3, 0.4) is 0 Å². The Bertz CT molecular complexity index is 135. The van der Waals surface area contributed by atoms with E-state index in [0.717, 1.165) is 6.42 Å². The first-order chi connectivity index (χ1) is 5.48. The van der Waals surface area contributed by atoms with Crippen molar-refractivity contribution in [1.82, 2.24) is 0 Å². The highest BCUT2D eigenvalue weighted by molar-refractivity contribution is 5.75. The molecular formula is C9H18O3. The van der Waals surface area contributed by atoms with E-state index in [-0.39, 0.29) is 5.97 Å². The van der Waals surface area contributed by atoms with Crippen LogP contribution < -0.4 is 0 Å². The minimum atomic E-state index is -0.396. The second-order valence-electron chi connectivity index (χ2n) is 3.73. The second-order valence-corrected chi connectivity index (χ2v) is 3.73. The highest BCUT2D eigenvalue weighted by atomic mass is 16.5. The first-order valence-corrected chi connectivity index (χ1v) is 4.14. The minimum Gasteiger partial charge on any atom is -0.465 e. The normalized spacial score (nSPS) is 11.3. The lowest BCUT2D eigenvalue weighted by atomic mass is 9.97. The van der Waals surface area contributed by atoms with Crippen molar-refractivity contribution in [2.45, 2.75) is 27.2 Å². The van der Waals surface area contributed by atoms with E-state index >= 15 is 0 Å². The molecular weight excluding hydrogens is 156 g/mol. The molecule has 0 rings (SSSR count). The van der Waals surface area contributed by atoms with Crippen LogP contribution in [0.25, 0.3) is 0 Å². The van der Waals surface area contributed by atoms with Crippen LogP contribution >= 0.6 is 0 Å². The Morgan fingerprint density at radius 3 is 2.25 bits per heavy atom. The highest BCUT2D eigenvalue weighted by Gasteiger charge is 2.22. The maximum Gasteiger partial charge on any atom is 0.311 e. The number of carbonyl (C=O) groups excluding carboxylic acids is 1. The van der Waals surface area contributed by atoms with E-state index < -0.39 is 5.41 Å². The Balaban J connectivity index is 3.45. The van der Waals surface area contributed by atoms with Crippen molar-refractivity contribution in [1.29, 1.82) is 0 Å². The molecule has 0 spiro atoms. The maximum absolute atomic E-state index is 11.2. The Morgan fingerprint density at radius 2 is 1.83 bits per heavy atom. The molecule has 0 aliphatic heterocycles. The zero-order valence-electron chi connectivity index (χ0n) is 8.35. The summed E-state index contributed by atoms with van der Waals surface area (Å²) in [5.41, 5.74) is -0.396. The molecule has 3 heteroatoms. The summed E-state index contributed by atoms with van der Waals surface area (Å²) in [5.74, 6) is -0.154. The lowest BCUT2D eigenvalue weighted by molar-refractivity contribution is -0.153. The van der Waals surface area contributed by atoms with Gasteiger partial charge in [-0.05, 0) is 20.8 Å². The van der Waals surface area contributed by atoms with E-state index in [1.807, 2.05) is 20.8 Å². The number of ether oxygens (including phenoxy) is 2. The van der Waals surface area contributed by atoms with Crippen LogP contribution in [-0.2, 0) is 14.3 Å². The fourth-order valence-electron chi connectivity index (χ4n) is 0.585. The van der Waals surface area contributed by atoms with Gasteiger partial charge < -0.3 is 9.47 Å². The van der Waals surface area contributed by atoms with E-state index in [0.29, 0.717) is 13.2 Å². The topological polar surface area (TPSA) is 35.5 Å². The van der Waals surface area contributed by atoms with Crippen LogP contribution in [0.4, 0.5) is 0 Å². The molecule has 0 aromatic carbocycles. The van der Waals surface area contributed by atoms with Crippen molar-refractivity contribution in [3.05, 3.63) is 0 Å². The molecule has 0 aliphatic carbocycles. The highest BCUT2D eigenvalue weighted by Crippen LogP contribution is 2.14. The van der Waals surface area contributed by atoms with E-state index in [2.05, 4.69) is 0 Å². The second kappa shape index (κ2) is 5.14. The lowest BCUT2D eigenvalue weighted by Gasteiger charge is -2.16. The standard InChI is InChI=1S/C9H18O3/c1-9(2,3)8(10)12-7-5-6-11-4/h5-7H2,1-4H3. The van der Waals surface area contributed by atoms with Crippen LogP contribution in [0.5, 0.6) is 0 Å². The summed E-state index contributed by atoms with van der Waals surface area (Å²) in [6, 6.07) is 0. The smallest absolute Gasteiger partial charge is 0.311 e. The number of hydrogen-bond acceptors (Lipinski definition) is 3. The minimum absolute atomic E-state index is 0.154. The molecule has 72 valence electrons. The van der Waals surface area contributed by atoms with E-state index in [1.54, 1.807) is 7.11 Å². The van der Waals surface area contributed by atoms with Crippen LogP contribution in [0.2, 0.25) is 0 Å². The van der Waals surface area contributed by atoms with Gasteiger partial charge in [0, 0.05) is 20.1 Å². The largest absolute Gasteiger partial charge is 0.465 e. The van der Waals surface area contributed by atoms with Gasteiger partial charge in [0.05, 0.1) is 12.0 Å². The van der Waals surface area contributed by atoms with Gasteiger partial charge in [-0.25, -0.2) is 0 Å². The Labute approximate surface area is 74.0 Å². The molecule has 0 unspecified atom stereocenters. The number of methoxy groups -OCH3 is 1. The molecule has 0 fully saturated rings. The average molecular weight is 174 g/mol. The van der Waals surface area contributed by atoms with Crippen LogP contribution in [0.1, 0.15) is 27.2 Å². The first-order valence-electron chi connectivity index (χ1n) is 4.14. The summed E-state index contributed by atoms with van der Waals surface area (Å²) in [7, 11) is 1.63. The molecule has 0 N–H and O–H groups in total. The van der Waals surface area contributed by atoms with Gasteiger partial charge in [0.1, 0.15) is 0 Å². The van der Waals surface area contributed by atoms with Gasteiger partial charge in [0.25, 0.3) is 0 Å². The van der Waals surface area contributed by atoms with Gasteiger partial charge in [-0.2, -0.15) is 0 Å². The molecule has 0 saturated carbocycles. The van der Waals surface area contributed by atoms with Gasteiger partial charge >= 0.3 is 5.97 Å². The molecule has 0 aliphatic rings. The van der Waals surface area contributed by atoms with Crippen molar-refractivity contribution < 1.29 is 14.3 Å². The SMILES string of the molecule is COCCCOC(=O)C(C)(C)C. The summed E-state index contributed by atoms with van der Waals surface area (Å²) in [5, 5.41) is 0. The predicted molar refractivity (Wildman–Crippen MR) is 46.9 cm³/mol. The number of rotatable bonds is 4. The molecule has 0 heterocycles. The van der Waals surface area contributed by atoms with Gasteiger partial charge in [0.15, 0.2) is 0 Å². The Morgan fingerprint density at radius 1 is 1.25 bits per heavy atom. The molecule has 0 radical (unpaired) electrons. The monoisotopic (exact) mass is 174 g/mol. The maximum atomic E-state index is 11.2. The van der Waals surface area contributed by atoms with Crippen molar-refractivity contribution >= 4 is 5.97 Å². The Kier molecular flexibility index (Phi) is 4.90. The van der Waals surface area contributed by atoms with E-state index in [1.165, 1.54) is 0 Å². The van der Waals surface area contributed by atoms with Gasteiger partial charge in [-0.3, -0.25) is 4.79 Å². The van der Waals surface area contributed by atoms with Crippen LogP contribution in [0.15, 0.2) is 0 Å². The summed E-state index contributed by atoms with van der Waals surface area (Å²) >= 11 is 0. The van der Waals surface area contributed by atoms with Crippen molar-refractivity contribution in [3.8, 4) is 0 Å². The fourth-order valence-corrected chi connectivity index (χ4v) is 0.585. The average Bonchev–Trinajstić information content (AvgIpc) is 1.96. The summed E-state index contributed by atoms with van der Waals surface area (Å²) < 4.78 is 9.81. The zero-order valence-corrected chi connectivity index (χ0v) is 8.35. The summed E-state index contributed by atoms with van der Waals surface area (Å²) in [6.45, 7) is 6.60. The molecule has 0 bridgehead atoms. The molecule has 0 aromatic rings. The number of esters is 1. The molecule has 0 atom stereocenters. The number of hydrogen-bond donors (Lipinski definition) is 0.